The Bertz CT molecular complexity index is 2620. The summed E-state index contributed by atoms with van der Waals surface area (Å²) < 4.78 is 65.3. The second kappa shape index (κ2) is 27.6. The van der Waals surface area contributed by atoms with E-state index in [1.165, 1.54) is 6.92 Å². The number of hydrogen-bond acceptors (Lipinski definition) is 30. The molecule has 5 saturated heterocycles. The van der Waals surface area contributed by atoms with Crippen LogP contribution in [0.3, 0.4) is 0 Å². The van der Waals surface area contributed by atoms with E-state index in [4.69, 9.17) is 52.1 Å². The molecule has 93 heavy (non-hydrogen) atoms. The first kappa shape index (κ1) is 73.3. The van der Waals surface area contributed by atoms with Gasteiger partial charge in [-0.15, -0.1) is 0 Å². The number of esters is 1. The summed E-state index contributed by atoms with van der Waals surface area (Å²) in [6, 6.07) is 0. The number of hydrogen-bond donors (Lipinski definition) is 18. The van der Waals surface area contributed by atoms with Gasteiger partial charge in [-0.05, 0) is 111 Å². The van der Waals surface area contributed by atoms with Gasteiger partial charge in [-0.1, -0.05) is 46.3 Å². The number of aliphatic hydroxyl groups is 17. The number of carboxylic acids is 1. The zero-order valence-corrected chi connectivity index (χ0v) is 53.4. The van der Waals surface area contributed by atoms with Crippen LogP contribution in [-0.4, -0.2) is 309 Å². The first-order valence-electron chi connectivity index (χ1n) is 32.5. The van der Waals surface area contributed by atoms with Crippen molar-refractivity contribution >= 4 is 11.9 Å². The molecule has 0 aromatic carbocycles. The van der Waals surface area contributed by atoms with Gasteiger partial charge in [0.1, 0.15) is 116 Å². The van der Waals surface area contributed by atoms with Crippen LogP contribution in [0.2, 0.25) is 0 Å². The van der Waals surface area contributed by atoms with Gasteiger partial charge in [0.2, 0.25) is 0 Å². The van der Waals surface area contributed by atoms with E-state index in [1.54, 1.807) is 6.92 Å². The molecule has 0 aromatic rings. The van der Waals surface area contributed by atoms with E-state index in [9.17, 15) is 102 Å². The van der Waals surface area contributed by atoms with E-state index in [2.05, 4.69) is 40.7 Å². The van der Waals surface area contributed by atoms with Crippen molar-refractivity contribution in [3.63, 3.8) is 0 Å². The van der Waals surface area contributed by atoms with Crippen molar-refractivity contribution in [2.75, 3.05) is 39.6 Å². The minimum atomic E-state index is -1.95. The Labute approximate surface area is 537 Å². The molecule has 0 radical (unpaired) electrons. The molecule has 5 heterocycles. The van der Waals surface area contributed by atoms with Crippen molar-refractivity contribution in [1.82, 2.24) is 0 Å². The van der Waals surface area contributed by atoms with Crippen molar-refractivity contribution < 1.29 is 154 Å². The minimum absolute atomic E-state index is 0.0273. The van der Waals surface area contributed by atoms with Gasteiger partial charge in [-0.25, -0.2) is 4.79 Å². The van der Waals surface area contributed by atoms with E-state index in [-0.39, 0.29) is 43.1 Å². The van der Waals surface area contributed by atoms with Crippen molar-refractivity contribution in [2.24, 2.45) is 50.2 Å². The fourth-order valence-electron chi connectivity index (χ4n) is 18.2. The second-order valence-corrected chi connectivity index (χ2v) is 29.7. The molecule has 5 aliphatic heterocycles. The third-order valence-corrected chi connectivity index (χ3v) is 24.1. The molecule has 0 aromatic heterocycles. The summed E-state index contributed by atoms with van der Waals surface area (Å²) in [7, 11) is 0. The smallest absolute Gasteiger partial charge is 0.335 e. The summed E-state index contributed by atoms with van der Waals surface area (Å²) in [5.41, 5.74) is -3.21. The number of allylic oxidation sites excluding steroid dienone is 2. The average molecular weight is 1340 g/mol. The molecule has 35 unspecified atom stereocenters. The predicted octanol–water partition coefficient (Wildman–Crippen LogP) is -5.13. The third-order valence-electron chi connectivity index (χ3n) is 24.1. The average Bonchev–Trinajstić information content (AvgIpc) is 0.674. The maximum Gasteiger partial charge on any atom is 0.335 e. The lowest BCUT2D eigenvalue weighted by Gasteiger charge is -2.72. The van der Waals surface area contributed by atoms with Gasteiger partial charge in [-0.2, -0.15) is 0 Å². The highest BCUT2D eigenvalue weighted by Gasteiger charge is 2.71. The SMILES string of the molecule is CC1OC(OC2C(OC3COC(OC4CCC5(C)C(CCC6(C)C5CC=C5C7CC(C)(C(=O)OCC(O)COC8OC(C(=O)O)C(O)C(O)C8O)CCC7(CO)C(O)CC56C)C4(C)C)C(OC4OC(CO)C(O)C(O)C4O)C3O)OC(CO)C(O)C2O)C(O)C(O)C1O. The lowest BCUT2D eigenvalue weighted by Crippen LogP contribution is -2.68. The second-order valence-electron chi connectivity index (χ2n) is 29.7. The van der Waals surface area contributed by atoms with E-state index in [0.717, 1.165) is 5.57 Å². The fourth-order valence-corrected chi connectivity index (χ4v) is 18.2. The molecule has 0 amide bonds. The van der Waals surface area contributed by atoms with Crippen LogP contribution in [0.15, 0.2) is 11.6 Å². The molecule has 0 spiro atoms. The van der Waals surface area contributed by atoms with Gasteiger partial charge >= 0.3 is 11.9 Å². The van der Waals surface area contributed by atoms with Crippen LogP contribution >= 0.6 is 0 Å². The number of rotatable bonds is 18. The number of carboxylic acid groups (broad SMARTS) is 1. The molecule has 0 bridgehead atoms. The van der Waals surface area contributed by atoms with Gasteiger partial charge in [0, 0.05) is 5.41 Å². The number of carbonyl (C=O) groups is 2. The Morgan fingerprint density at radius 3 is 1.82 bits per heavy atom. The molecule has 4 saturated carbocycles. The van der Waals surface area contributed by atoms with Gasteiger partial charge in [-0.3, -0.25) is 4.79 Å². The first-order valence-corrected chi connectivity index (χ1v) is 32.5. The van der Waals surface area contributed by atoms with Crippen molar-refractivity contribution in [1.29, 1.82) is 0 Å². The normalized spacial score (nSPS) is 52.6. The Balaban J connectivity index is 0.855. The summed E-state index contributed by atoms with van der Waals surface area (Å²) in [4.78, 5) is 25.8. The lowest BCUT2D eigenvalue weighted by atomic mass is 9.33. The predicted molar refractivity (Wildman–Crippen MR) is 308 cm³/mol. The van der Waals surface area contributed by atoms with E-state index >= 15 is 0 Å². The van der Waals surface area contributed by atoms with Crippen molar-refractivity contribution in [2.45, 2.75) is 272 Å². The maximum absolute atomic E-state index is 14.2. The van der Waals surface area contributed by atoms with E-state index < -0.39 is 244 Å². The summed E-state index contributed by atoms with van der Waals surface area (Å²) in [5, 5.41) is 194. The molecule has 35 atom stereocenters. The Hall–Kier alpha value is -2.40. The standard InChI is InChI=1S/C62H100O31/c1-24-35(68)39(72)45(78)52(86-24)93-49-42(75)37(70)29(19-64)88-55(49)89-30-22-84-54(48(38(30)71)92-53-46(79)40(73)36(69)28(18-63)87-53)90-34-11-12-59(5)31(57(34,2)3)10-13-60(6)32(59)9-8-26-27-16-58(4,14-15-62(27,23-65)33(67)17-61(26,60)7)56(82)85-21-25(66)20-83-51-44(77)41(74)43(76)47(91-51)50(80)81/h8,24-25,27-49,51-55,63-79H,9-23H2,1-7H3,(H,80,81). The Morgan fingerprint density at radius 1 is 0.591 bits per heavy atom. The molecule has 18 N–H and O–H groups in total. The molecule has 9 fully saturated rings. The van der Waals surface area contributed by atoms with Crippen molar-refractivity contribution in [3.05, 3.63) is 11.6 Å². The van der Waals surface area contributed by atoms with Gasteiger partial charge < -0.3 is 144 Å². The zero-order valence-electron chi connectivity index (χ0n) is 53.4. The summed E-state index contributed by atoms with van der Waals surface area (Å²) in [6.07, 6.45) is -38.4. The van der Waals surface area contributed by atoms with Crippen LogP contribution in [0.5, 0.6) is 0 Å². The highest BCUT2D eigenvalue weighted by atomic mass is 16.8. The molecule has 31 heteroatoms. The zero-order chi connectivity index (χ0) is 68.1. The highest BCUT2D eigenvalue weighted by Crippen LogP contribution is 2.76. The third kappa shape index (κ3) is 12.7. The molecule has 10 aliphatic rings. The van der Waals surface area contributed by atoms with Crippen LogP contribution in [-0.2, 0) is 61.7 Å². The maximum atomic E-state index is 14.2. The van der Waals surface area contributed by atoms with Crippen LogP contribution < -0.4 is 0 Å². The van der Waals surface area contributed by atoms with Gasteiger partial charge in [0.25, 0.3) is 0 Å². The summed E-state index contributed by atoms with van der Waals surface area (Å²) in [6.45, 7) is 10.4. The van der Waals surface area contributed by atoms with Gasteiger partial charge in [0.15, 0.2) is 37.6 Å². The quantitative estimate of drug-likeness (QED) is 0.0347. The number of aliphatic hydroxyl groups excluding tert-OH is 17. The Kier molecular flexibility index (Phi) is 21.8. The Morgan fingerprint density at radius 2 is 1.18 bits per heavy atom. The number of aliphatic carboxylic acids is 1. The largest absolute Gasteiger partial charge is 0.479 e. The molecular weight excluding hydrogens is 1240 g/mol. The fraction of sp³-hybridized carbons (Fsp3) is 0.935. The lowest BCUT2D eigenvalue weighted by molar-refractivity contribution is -0.394. The first-order chi connectivity index (χ1) is 43.6. The van der Waals surface area contributed by atoms with Crippen LogP contribution in [0.1, 0.15) is 106 Å². The molecule has 534 valence electrons. The monoisotopic (exact) mass is 1340 g/mol. The molecular formula is C62H100O31. The molecule has 31 nitrogen and oxygen atoms in total. The number of carbonyl (C=O) groups excluding carboxylic acids is 1. The van der Waals surface area contributed by atoms with Crippen molar-refractivity contribution in [3.8, 4) is 0 Å². The van der Waals surface area contributed by atoms with Crippen LogP contribution in [0.25, 0.3) is 0 Å². The highest BCUT2D eigenvalue weighted by molar-refractivity contribution is 5.77. The van der Waals surface area contributed by atoms with E-state index in [1.807, 2.05) is 0 Å². The van der Waals surface area contributed by atoms with Gasteiger partial charge in [0.05, 0.1) is 56.8 Å². The summed E-state index contributed by atoms with van der Waals surface area (Å²) in [5.74, 6) is -2.73. The molecule has 5 aliphatic carbocycles. The number of ether oxygens (including phenoxy) is 11. The van der Waals surface area contributed by atoms with Crippen LogP contribution in [0.4, 0.5) is 0 Å². The molecule has 10 rings (SSSR count). The topological polar surface area (TPSA) is 500 Å². The number of fused-ring (bicyclic) bond motifs is 7. The minimum Gasteiger partial charge on any atom is -0.479 e. The summed E-state index contributed by atoms with van der Waals surface area (Å²) >= 11 is 0. The van der Waals surface area contributed by atoms with Crippen LogP contribution in [0, 0.1) is 50.2 Å². The van der Waals surface area contributed by atoms with E-state index in [0.29, 0.717) is 38.5 Å².